The fourth-order valence-electron chi connectivity index (χ4n) is 1.42. The molecule has 0 bridgehead atoms. The zero-order valence-corrected chi connectivity index (χ0v) is 11.7. The van der Waals surface area contributed by atoms with E-state index in [1.807, 2.05) is 24.3 Å². The Labute approximate surface area is 110 Å². The van der Waals surface area contributed by atoms with Crippen molar-refractivity contribution >= 4 is 21.9 Å². The normalized spacial score (nSPS) is 11.9. The van der Waals surface area contributed by atoms with E-state index in [-0.39, 0.29) is 5.97 Å². The molecular weight excluding hydrogens is 284 g/mol. The van der Waals surface area contributed by atoms with Crippen molar-refractivity contribution in [1.82, 2.24) is 0 Å². The van der Waals surface area contributed by atoms with Gasteiger partial charge < -0.3 is 9.47 Å². The van der Waals surface area contributed by atoms with Crippen LogP contribution in [0.1, 0.15) is 26.2 Å². The second-order valence-corrected chi connectivity index (χ2v) is 4.64. The molecule has 0 heterocycles. The van der Waals surface area contributed by atoms with Gasteiger partial charge in [0.15, 0.2) is 6.10 Å². The maximum atomic E-state index is 11.5. The van der Waals surface area contributed by atoms with Crippen LogP contribution >= 0.6 is 15.9 Å². The van der Waals surface area contributed by atoms with E-state index in [1.54, 1.807) is 0 Å². The number of hydrogen-bond acceptors (Lipinski definition) is 3. The van der Waals surface area contributed by atoms with E-state index in [9.17, 15) is 4.79 Å². The Kier molecular flexibility index (Phi) is 6.05. The summed E-state index contributed by atoms with van der Waals surface area (Å²) in [6, 6.07) is 7.41. The number of carbonyl (C=O) groups is 1. The van der Waals surface area contributed by atoms with Gasteiger partial charge in [0.2, 0.25) is 0 Å². The SMILES string of the molecule is CCCCC(Oc1ccc(Br)cc1)C(=O)OC. The number of benzene rings is 1. The molecule has 4 heteroatoms. The Morgan fingerprint density at radius 1 is 1.35 bits per heavy atom. The molecular formula is C13H17BrO3. The quantitative estimate of drug-likeness (QED) is 0.754. The van der Waals surface area contributed by atoms with Crippen LogP contribution in [0.5, 0.6) is 5.75 Å². The van der Waals surface area contributed by atoms with Gasteiger partial charge in [-0.1, -0.05) is 29.3 Å². The van der Waals surface area contributed by atoms with E-state index in [4.69, 9.17) is 9.47 Å². The average molecular weight is 301 g/mol. The monoisotopic (exact) mass is 300 g/mol. The fraction of sp³-hybridized carbons (Fsp3) is 0.462. The molecule has 0 saturated carbocycles. The molecule has 0 aromatic heterocycles. The second-order valence-electron chi connectivity index (χ2n) is 3.73. The molecule has 94 valence electrons. The number of methoxy groups -OCH3 is 1. The third-order valence-electron chi connectivity index (χ3n) is 2.38. The largest absolute Gasteiger partial charge is 0.479 e. The van der Waals surface area contributed by atoms with Crippen LogP contribution in [0, 0.1) is 0 Å². The molecule has 1 unspecified atom stereocenters. The first kappa shape index (κ1) is 14.0. The third kappa shape index (κ3) is 4.77. The number of hydrogen-bond donors (Lipinski definition) is 0. The number of carbonyl (C=O) groups excluding carboxylic acids is 1. The van der Waals surface area contributed by atoms with Gasteiger partial charge in [-0.3, -0.25) is 0 Å². The first-order valence-corrected chi connectivity index (χ1v) is 6.46. The summed E-state index contributed by atoms with van der Waals surface area (Å²) in [5.74, 6) is 0.362. The highest BCUT2D eigenvalue weighted by molar-refractivity contribution is 9.10. The molecule has 1 rings (SSSR count). The van der Waals surface area contributed by atoms with Gasteiger partial charge in [-0.2, -0.15) is 0 Å². The second kappa shape index (κ2) is 7.33. The maximum Gasteiger partial charge on any atom is 0.347 e. The zero-order valence-electron chi connectivity index (χ0n) is 10.1. The van der Waals surface area contributed by atoms with E-state index >= 15 is 0 Å². The lowest BCUT2D eigenvalue weighted by Crippen LogP contribution is -2.28. The van der Waals surface area contributed by atoms with Crippen LogP contribution in [0.3, 0.4) is 0 Å². The molecule has 0 saturated heterocycles. The molecule has 0 N–H and O–H groups in total. The van der Waals surface area contributed by atoms with E-state index in [0.717, 1.165) is 17.3 Å². The number of rotatable bonds is 6. The van der Waals surface area contributed by atoms with Gasteiger partial charge in [0.25, 0.3) is 0 Å². The predicted octanol–water partition coefficient (Wildman–Crippen LogP) is 3.56. The molecule has 0 aliphatic carbocycles. The van der Waals surface area contributed by atoms with Crippen molar-refractivity contribution < 1.29 is 14.3 Å². The van der Waals surface area contributed by atoms with Crippen molar-refractivity contribution in [1.29, 1.82) is 0 Å². The summed E-state index contributed by atoms with van der Waals surface area (Å²) in [4.78, 5) is 11.5. The summed E-state index contributed by atoms with van der Waals surface area (Å²) in [5, 5.41) is 0. The molecule has 0 fully saturated rings. The molecule has 0 aliphatic rings. The Balaban J connectivity index is 2.64. The van der Waals surface area contributed by atoms with Crippen molar-refractivity contribution in [2.24, 2.45) is 0 Å². The smallest absolute Gasteiger partial charge is 0.347 e. The fourth-order valence-corrected chi connectivity index (χ4v) is 1.69. The minimum atomic E-state index is -0.513. The Hall–Kier alpha value is -1.03. The van der Waals surface area contributed by atoms with Crippen molar-refractivity contribution in [3.05, 3.63) is 28.7 Å². The lowest BCUT2D eigenvalue weighted by atomic mass is 10.1. The Morgan fingerprint density at radius 3 is 2.53 bits per heavy atom. The standard InChI is InChI=1S/C13H17BrO3/c1-3-4-5-12(13(15)16-2)17-11-8-6-10(14)7-9-11/h6-9,12H,3-5H2,1-2H3. The predicted molar refractivity (Wildman–Crippen MR) is 70.1 cm³/mol. The van der Waals surface area contributed by atoms with Crippen molar-refractivity contribution in [3.63, 3.8) is 0 Å². The lowest BCUT2D eigenvalue weighted by Gasteiger charge is -2.16. The highest BCUT2D eigenvalue weighted by Gasteiger charge is 2.20. The molecule has 3 nitrogen and oxygen atoms in total. The van der Waals surface area contributed by atoms with Crippen LogP contribution in [0.15, 0.2) is 28.7 Å². The summed E-state index contributed by atoms with van der Waals surface area (Å²) in [5.41, 5.74) is 0. The highest BCUT2D eigenvalue weighted by Crippen LogP contribution is 2.19. The van der Waals surface area contributed by atoms with Crippen molar-refractivity contribution in [2.75, 3.05) is 7.11 Å². The maximum absolute atomic E-state index is 11.5. The van der Waals surface area contributed by atoms with Crippen LogP contribution in [-0.4, -0.2) is 19.2 Å². The van der Waals surface area contributed by atoms with E-state index in [0.29, 0.717) is 12.2 Å². The summed E-state index contributed by atoms with van der Waals surface area (Å²) >= 11 is 3.35. The molecule has 0 amide bonds. The van der Waals surface area contributed by atoms with Gasteiger partial charge in [0.05, 0.1) is 7.11 Å². The summed E-state index contributed by atoms with van der Waals surface area (Å²) in [6.07, 6.45) is 2.13. The number of ether oxygens (including phenoxy) is 2. The van der Waals surface area contributed by atoms with Gasteiger partial charge in [-0.05, 0) is 37.1 Å². The van der Waals surface area contributed by atoms with Crippen molar-refractivity contribution in [3.8, 4) is 5.75 Å². The van der Waals surface area contributed by atoms with Gasteiger partial charge >= 0.3 is 5.97 Å². The molecule has 0 spiro atoms. The van der Waals surface area contributed by atoms with E-state index in [1.165, 1.54) is 7.11 Å². The van der Waals surface area contributed by atoms with Crippen LogP contribution in [0.4, 0.5) is 0 Å². The van der Waals surface area contributed by atoms with E-state index in [2.05, 4.69) is 22.9 Å². The molecule has 1 aromatic rings. The average Bonchev–Trinajstić information content (AvgIpc) is 2.36. The molecule has 17 heavy (non-hydrogen) atoms. The number of esters is 1. The minimum absolute atomic E-state index is 0.318. The van der Waals surface area contributed by atoms with Crippen LogP contribution < -0.4 is 4.74 Å². The third-order valence-corrected chi connectivity index (χ3v) is 2.90. The Bertz CT molecular complexity index is 348. The highest BCUT2D eigenvalue weighted by atomic mass is 79.9. The topological polar surface area (TPSA) is 35.5 Å². The van der Waals surface area contributed by atoms with Gasteiger partial charge in [-0.15, -0.1) is 0 Å². The van der Waals surface area contributed by atoms with Crippen molar-refractivity contribution in [2.45, 2.75) is 32.3 Å². The van der Waals surface area contributed by atoms with E-state index < -0.39 is 6.10 Å². The Morgan fingerprint density at radius 2 is 2.00 bits per heavy atom. The minimum Gasteiger partial charge on any atom is -0.479 e. The molecule has 0 aliphatic heterocycles. The number of unbranched alkanes of at least 4 members (excludes halogenated alkanes) is 1. The van der Waals surface area contributed by atoms with Gasteiger partial charge in [-0.25, -0.2) is 4.79 Å². The first-order chi connectivity index (χ1) is 8.17. The molecule has 1 atom stereocenters. The lowest BCUT2D eigenvalue weighted by molar-refractivity contribution is -0.149. The molecule has 1 aromatic carbocycles. The first-order valence-electron chi connectivity index (χ1n) is 5.67. The number of halogens is 1. The molecule has 0 radical (unpaired) electrons. The van der Waals surface area contributed by atoms with Gasteiger partial charge in [0.1, 0.15) is 5.75 Å². The zero-order chi connectivity index (χ0) is 12.7. The summed E-state index contributed by atoms with van der Waals surface area (Å²) in [6.45, 7) is 2.08. The van der Waals surface area contributed by atoms with Crippen LogP contribution in [-0.2, 0) is 9.53 Å². The van der Waals surface area contributed by atoms with Gasteiger partial charge in [0, 0.05) is 4.47 Å². The van der Waals surface area contributed by atoms with Crippen LogP contribution in [0.25, 0.3) is 0 Å². The van der Waals surface area contributed by atoms with Crippen LogP contribution in [0.2, 0.25) is 0 Å². The summed E-state index contributed by atoms with van der Waals surface area (Å²) in [7, 11) is 1.38. The summed E-state index contributed by atoms with van der Waals surface area (Å²) < 4.78 is 11.3.